The zero-order valence-electron chi connectivity index (χ0n) is 28.4. The summed E-state index contributed by atoms with van der Waals surface area (Å²) >= 11 is 0. The number of likely N-dealkylation sites (tertiary alicyclic amines) is 1. The van der Waals surface area contributed by atoms with Crippen LogP contribution in [0.25, 0.3) is 0 Å². The molecule has 12 nitrogen and oxygen atoms in total. The molecule has 13 atom stereocenters. The fourth-order valence-corrected chi connectivity index (χ4v) is 13.0. The number of methoxy groups -OCH3 is 4. The minimum Gasteiger partial charge on any atom is -0.461 e. The van der Waals surface area contributed by atoms with Gasteiger partial charge in [-0.2, -0.15) is 0 Å². The van der Waals surface area contributed by atoms with Crippen LogP contribution in [0.1, 0.15) is 55.8 Å². The normalized spacial score (nSPS) is 47.1. The number of hydrogen-bond donors (Lipinski definition) is 2. The van der Waals surface area contributed by atoms with E-state index in [0.29, 0.717) is 25.9 Å². The van der Waals surface area contributed by atoms with Gasteiger partial charge in [-0.15, -0.1) is 0 Å². The summed E-state index contributed by atoms with van der Waals surface area (Å²) in [5, 5.41) is 26.5. The molecule has 5 aliphatic carbocycles. The van der Waals surface area contributed by atoms with Crippen LogP contribution >= 0.6 is 0 Å². The molecule has 7 bridgehead atoms. The Labute approximate surface area is 280 Å². The molecule has 5 saturated carbocycles. The molecular formula is C36H48N2O10. The number of carbonyl (C=O) groups excluding carboxylic acids is 3. The zero-order chi connectivity index (χ0) is 34.0. The van der Waals surface area contributed by atoms with Gasteiger partial charge in [-0.05, 0) is 43.9 Å². The molecule has 2 heterocycles. The van der Waals surface area contributed by atoms with E-state index in [4.69, 9.17) is 23.7 Å². The number of likely N-dealkylation sites (N-methyl/N-ethyl adjacent to an activating group) is 1. The highest BCUT2D eigenvalue weighted by Gasteiger charge is 2.91. The Morgan fingerprint density at radius 2 is 1.73 bits per heavy atom. The van der Waals surface area contributed by atoms with Crippen LogP contribution in [0.15, 0.2) is 24.3 Å². The maximum atomic E-state index is 14.0. The predicted octanol–water partition coefficient (Wildman–Crippen LogP) is 1.79. The molecule has 0 radical (unpaired) electrons. The molecule has 7 fully saturated rings. The highest BCUT2D eigenvalue weighted by molar-refractivity contribution is 6.21. The van der Waals surface area contributed by atoms with Crippen molar-refractivity contribution in [1.82, 2.24) is 4.90 Å². The van der Waals surface area contributed by atoms with Crippen molar-refractivity contribution in [2.75, 3.05) is 53.0 Å². The molecule has 12 heteroatoms. The van der Waals surface area contributed by atoms with Gasteiger partial charge in [0.15, 0.2) is 0 Å². The standard InChI is InChI=1S/C36H48N2O10/c1-6-37-17-33(18-48-31(41)19-9-7-8-10-22(19)38-25(39)11-12-26(38)40)14-13-24(45-3)35-21-15-20-23(44-2)16-34(42,27(21)28(20)46-4)36(43,32(35)37)30(47-5)29(33)35/h7-10,20-21,23-24,27-30,32,42-43H,6,11-18H2,1-5H3/t20-,21-,23+,24?,27-,28+,29-,30+,32+,33+,34-,35+,36+/m1/s1. The van der Waals surface area contributed by atoms with Crippen molar-refractivity contribution in [2.45, 2.75) is 87.1 Å². The second-order valence-electron chi connectivity index (χ2n) is 15.4. The van der Waals surface area contributed by atoms with Crippen LogP contribution < -0.4 is 4.90 Å². The summed E-state index contributed by atoms with van der Waals surface area (Å²) < 4.78 is 31.3. The topological polar surface area (TPSA) is 144 Å². The fraction of sp³-hybridized carbons (Fsp3) is 0.750. The van der Waals surface area contributed by atoms with Crippen molar-refractivity contribution < 1.29 is 48.3 Å². The van der Waals surface area contributed by atoms with Gasteiger partial charge in [-0.25, -0.2) is 9.69 Å². The number of amides is 2. The van der Waals surface area contributed by atoms with E-state index in [-0.39, 0.29) is 90.9 Å². The Morgan fingerprint density at radius 1 is 1.00 bits per heavy atom. The highest BCUT2D eigenvalue weighted by Crippen LogP contribution is 2.80. The number of rotatable bonds is 9. The van der Waals surface area contributed by atoms with E-state index in [9.17, 15) is 24.6 Å². The third-order valence-corrected chi connectivity index (χ3v) is 14.2. The quantitative estimate of drug-likeness (QED) is 0.294. The smallest absolute Gasteiger partial charge is 0.340 e. The van der Waals surface area contributed by atoms with Crippen LogP contribution in [0.4, 0.5) is 5.69 Å². The first-order chi connectivity index (χ1) is 23.0. The van der Waals surface area contributed by atoms with E-state index in [1.54, 1.807) is 52.7 Å². The number of anilines is 1. The summed E-state index contributed by atoms with van der Waals surface area (Å²) in [6.45, 7) is 3.24. The molecule has 2 amide bonds. The Balaban J connectivity index is 1.24. The fourth-order valence-electron chi connectivity index (χ4n) is 13.0. The molecular weight excluding hydrogens is 620 g/mol. The largest absolute Gasteiger partial charge is 0.461 e. The molecule has 2 saturated heterocycles. The second kappa shape index (κ2) is 11.0. The third-order valence-electron chi connectivity index (χ3n) is 14.2. The molecule has 48 heavy (non-hydrogen) atoms. The number of ether oxygens (including phenoxy) is 5. The summed E-state index contributed by atoms with van der Waals surface area (Å²) in [5.74, 6) is -2.00. The van der Waals surface area contributed by atoms with Gasteiger partial charge in [0.05, 0.1) is 48.3 Å². The maximum Gasteiger partial charge on any atom is 0.340 e. The van der Waals surface area contributed by atoms with Gasteiger partial charge >= 0.3 is 5.97 Å². The van der Waals surface area contributed by atoms with Crippen molar-refractivity contribution in [3.8, 4) is 0 Å². The SMILES string of the molecule is CCN1C[C@]2(COC(=O)c3ccccc3N3C(=O)CCC3=O)CCC(OC)[C@@]34[C@@H]5C[C@H]6[C@H](OC)[C@@H]5[C@](O)(C[C@@H]6OC)[C@](O)([C@@H](OC)[C@H]23)[C@@H]14. The lowest BCUT2D eigenvalue weighted by Crippen LogP contribution is -2.82. The lowest BCUT2D eigenvalue weighted by Gasteiger charge is -2.70. The Morgan fingerprint density at radius 3 is 2.38 bits per heavy atom. The highest BCUT2D eigenvalue weighted by atomic mass is 16.5. The van der Waals surface area contributed by atoms with Gasteiger partial charge in [0.1, 0.15) is 11.2 Å². The molecule has 2 aliphatic heterocycles. The third kappa shape index (κ3) is 3.67. The van der Waals surface area contributed by atoms with E-state index in [1.807, 2.05) is 0 Å². The average molecular weight is 669 g/mol. The number of fused-ring (bicyclic) bond motifs is 2. The van der Waals surface area contributed by atoms with E-state index >= 15 is 0 Å². The van der Waals surface area contributed by atoms with Crippen molar-refractivity contribution in [3.05, 3.63) is 29.8 Å². The maximum absolute atomic E-state index is 14.0. The minimum atomic E-state index is -1.69. The summed E-state index contributed by atoms with van der Waals surface area (Å²) in [4.78, 5) is 42.6. The van der Waals surface area contributed by atoms with Crippen molar-refractivity contribution in [2.24, 2.45) is 34.5 Å². The van der Waals surface area contributed by atoms with E-state index in [1.165, 1.54) is 0 Å². The Kier molecular flexibility index (Phi) is 7.52. The average Bonchev–Trinajstić information content (AvgIpc) is 3.66. The van der Waals surface area contributed by atoms with Gasteiger partial charge < -0.3 is 33.9 Å². The zero-order valence-corrected chi connectivity index (χ0v) is 28.4. The number of hydrogen-bond acceptors (Lipinski definition) is 11. The summed E-state index contributed by atoms with van der Waals surface area (Å²) in [7, 11) is 6.70. The van der Waals surface area contributed by atoms with Crippen molar-refractivity contribution in [1.29, 1.82) is 0 Å². The number of piperidine rings is 1. The lowest BCUT2D eigenvalue weighted by atomic mass is 9.42. The Hall–Kier alpha value is -2.45. The first kappa shape index (κ1) is 32.7. The molecule has 0 aromatic heterocycles. The molecule has 2 N–H and O–H groups in total. The van der Waals surface area contributed by atoms with E-state index in [2.05, 4.69) is 11.8 Å². The van der Waals surface area contributed by atoms with Crippen molar-refractivity contribution >= 4 is 23.5 Å². The van der Waals surface area contributed by atoms with Crippen LogP contribution in [0.2, 0.25) is 0 Å². The lowest BCUT2D eigenvalue weighted by molar-refractivity contribution is -0.320. The number of aliphatic hydroxyl groups is 2. The van der Waals surface area contributed by atoms with Gasteiger partial charge in [0, 0.05) is 82.8 Å². The Bertz CT molecular complexity index is 1510. The second-order valence-corrected chi connectivity index (χ2v) is 15.4. The van der Waals surface area contributed by atoms with Gasteiger partial charge in [-0.1, -0.05) is 19.1 Å². The van der Waals surface area contributed by atoms with Crippen molar-refractivity contribution in [3.63, 3.8) is 0 Å². The number of para-hydroxylation sites is 1. The number of imide groups is 1. The summed E-state index contributed by atoms with van der Waals surface area (Å²) in [6.07, 6.45) is 0.951. The monoisotopic (exact) mass is 668 g/mol. The molecule has 262 valence electrons. The van der Waals surface area contributed by atoms with Gasteiger partial charge in [0.2, 0.25) is 11.8 Å². The number of nitrogens with zero attached hydrogens (tertiary/aromatic N) is 2. The number of benzene rings is 1. The number of carbonyl (C=O) groups is 3. The number of esters is 1. The molecule has 1 unspecified atom stereocenters. The minimum absolute atomic E-state index is 0.0394. The molecule has 7 aliphatic rings. The van der Waals surface area contributed by atoms with Gasteiger partial charge in [-0.3, -0.25) is 14.5 Å². The van der Waals surface area contributed by atoms with E-state index in [0.717, 1.165) is 11.3 Å². The summed E-state index contributed by atoms with van der Waals surface area (Å²) in [5.41, 5.74) is -4.15. The molecule has 1 aromatic rings. The van der Waals surface area contributed by atoms with Crippen LogP contribution in [0.5, 0.6) is 0 Å². The predicted molar refractivity (Wildman–Crippen MR) is 170 cm³/mol. The van der Waals surface area contributed by atoms with Crippen LogP contribution in [-0.2, 0) is 33.3 Å². The van der Waals surface area contributed by atoms with Gasteiger partial charge in [0.25, 0.3) is 0 Å². The summed E-state index contributed by atoms with van der Waals surface area (Å²) in [6, 6.07) is 6.11. The molecule has 8 rings (SSSR count). The van der Waals surface area contributed by atoms with E-state index < -0.39 is 40.1 Å². The van der Waals surface area contributed by atoms with Crippen LogP contribution in [0, 0.1) is 34.5 Å². The first-order valence-electron chi connectivity index (χ1n) is 17.5. The van der Waals surface area contributed by atoms with Crippen LogP contribution in [-0.4, -0.2) is 123 Å². The first-order valence-corrected chi connectivity index (χ1v) is 17.5. The van der Waals surface area contributed by atoms with Crippen LogP contribution in [0.3, 0.4) is 0 Å². The molecule has 1 spiro atoms. The molecule has 1 aromatic carbocycles.